The van der Waals surface area contributed by atoms with Crippen LogP contribution in [0.3, 0.4) is 0 Å². The van der Waals surface area contributed by atoms with E-state index in [1.165, 1.54) is 12.8 Å². The molecule has 0 aromatic carbocycles. The van der Waals surface area contributed by atoms with Crippen molar-refractivity contribution in [2.24, 2.45) is 17.4 Å². The fraction of sp³-hybridized carbons (Fsp3) is 0.923. The molecule has 1 saturated carbocycles. The van der Waals surface area contributed by atoms with Crippen LogP contribution >= 0.6 is 0 Å². The molecule has 0 aromatic heterocycles. The fourth-order valence-electron chi connectivity index (χ4n) is 2.70. The summed E-state index contributed by atoms with van der Waals surface area (Å²) in [6, 6.07) is 0. The lowest BCUT2D eigenvalue weighted by molar-refractivity contribution is -0.147. The van der Waals surface area contributed by atoms with E-state index in [-0.39, 0.29) is 5.60 Å². The Bertz CT molecular complexity index is 248. The predicted molar refractivity (Wildman–Crippen MR) is 68.4 cm³/mol. The average molecular weight is 242 g/mol. The van der Waals surface area contributed by atoms with E-state index in [4.69, 9.17) is 16.2 Å². The van der Waals surface area contributed by atoms with E-state index in [0.717, 1.165) is 31.6 Å². The zero-order chi connectivity index (χ0) is 12.9. The molecule has 1 aliphatic carbocycles. The van der Waals surface area contributed by atoms with Crippen molar-refractivity contribution in [2.45, 2.75) is 64.1 Å². The molecule has 0 bridgehead atoms. The van der Waals surface area contributed by atoms with Crippen LogP contribution in [0.2, 0.25) is 0 Å². The Labute approximate surface area is 104 Å². The van der Waals surface area contributed by atoms with E-state index in [0.29, 0.717) is 6.54 Å². The zero-order valence-corrected chi connectivity index (χ0v) is 11.1. The number of ether oxygens (including phenoxy) is 1. The highest BCUT2D eigenvalue weighted by atomic mass is 16.5. The van der Waals surface area contributed by atoms with Crippen LogP contribution in [0.15, 0.2) is 0 Å². The molecular weight excluding hydrogens is 216 g/mol. The van der Waals surface area contributed by atoms with E-state index < -0.39 is 12.0 Å². The molecule has 0 aliphatic heterocycles. The first kappa shape index (κ1) is 14.5. The molecule has 4 heteroatoms. The maximum atomic E-state index is 11.1. The summed E-state index contributed by atoms with van der Waals surface area (Å²) in [5.41, 5.74) is 10.7. The minimum Gasteiger partial charge on any atom is -0.367 e. The molecule has 1 aliphatic rings. The molecule has 1 fully saturated rings. The Morgan fingerprint density at radius 2 is 2.06 bits per heavy atom. The van der Waals surface area contributed by atoms with Gasteiger partial charge < -0.3 is 16.2 Å². The summed E-state index contributed by atoms with van der Waals surface area (Å²) in [6.45, 7) is 4.40. The first-order valence-electron chi connectivity index (χ1n) is 6.70. The van der Waals surface area contributed by atoms with Gasteiger partial charge in [-0.1, -0.05) is 19.8 Å². The van der Waals surface area contributed by atoms with Crippen molar-refractivity contribution in [3.63, 3.8) is 0 Å². The summed E-state index contributed by atoms with van der Waals surface area (Å²) in [5, 5.41) is 0. The number of hydrogen-bond donors (Lipinski definition) is 2. The van der Waals surface area contributed by atoms with Gasteiger partial charge in [0.25, 0.3) is 0 Å². The van der Waals surface area contributed by atoms with Gasteiger partial charge in [0, 0.05) is 6.54 Å². The van der Waals surface area contributed by atoms with Crippen molar-refractivity contribution in [1.29, 1.82) is 0 Å². The molecule has 0 radical (unpaired) electrons. The van der Waals surface area contributed by atoms with Crippen LogP contribution in [-0.2, 0) is 9.53 Å². The molecule has 17 heavy (non-hydrogen) atoms. The third-order valence-electron chi connectivity index (χ3n) is 3.91. The Morgan fingerprint density at radius 3 is 2.47 bits per heavy atom. The summed E-state index contributed by atoms with van der Waals surface area (Å²) in [4.78, 5) is 11.1. The van der Waals surface area contributed by atoms with Gasteiger partial charge in [0.05, 0.1) is 5.60 Å². The van der Waals surface area contributed by atoms with Gasteiger partial charge in [-0.3, -0.25) is 4.79 Å². The van der Waals surface area contributed by atoms with Crippen LogP contribution in [0.25, 0.3) is 0 Å². The Kier molecular flexibility index (Phi) is 5.40. The van der Waals surface area contributed by atoms with Crippen molar-refractivity contribution >= 4 is 5.91 Å². The molecular formula is C13H26N2O2. The number of hydrogen-bond acceptors (Lipinski definition) is 3. The highest BCUT2D eigenvalue weighted by Crippen LogP contribution is 2.36. The van der Waals surface area contributed by atoms with Crippen molar-refractivity contribution in [2.75, 3.05) is 6.54 Å². The minimum atomic E-state index is -0.540. The summed E-state index contributed by atoms with van der Waals surface area (Å²) in [7, 11) is 0. The second-order valence-corrected chi connectivity index (χ2v) is 5.28. The summed E-state index contributed by atoms with van der Waals surface area (Å²) in [6.07, 6.45) is 6.18. The smallest absolute Gasteiger partial charge is 0.246 e. The molecule has 100 valence electrons. The summed E-state index contributed by atoms with van der Waals surface area (Å²) < 4.78 is 5.82. The minimum absolute atomic E-state index is 0.321. The quantitative estimate of drug-likeness (QED) is 0.742. The third kappa shape index (κ3) is 3.96. The van der Waals surface area contributed by atoms with Gasteiger partial charge in [-0.05, 0) is 38.5 Å². The lowest BCUT2D eigenvalue weighted by atomic mass is 9.77. The van der Waals surface area contributed by atoms with Crippen LogP contribution in [0, 0.1) is 5.92 Å². The second-order valence-electron chi connectivity index (χ2n) is 5.28. The third-order valence-corrected chi connectivity index (χ3v) is 3.91. The lowest BCUT2D eigenvalue weighted by Gasteiger charge is -2.40. The molecule has 1 unspecified atom stereocenters. The first-order chi connectivity index (χ1) is 8.03. The maximum absolute atomic E-state index is 11.1. The molecule has 0 heterocycles. The van der Waals surface area contributed by atoms with Gasteiger partial charge in [0.2, 0.25) is 5.91 Å². The second kappa shape index (κ2) is 6.36. The van der Waals surface area contributed by atoms with Gasteiger partial charge in [0.15, 0.2) is 0 Å². The fourth-order valence-corrected chi connectivity index (χ4v) is 2.70. The molecule has 0 saturated heterocycles. The van der Waals surface area contributed by atoms with E-state index in [1.807, 2.05) is 0 Å². The van der Waals surface area contributed by atoms with Crippen LogP contribution in [-0.4, -0.2) is 24.2 Å². The number of carbonyl (C=O) groups excluding carboxylic acids is 1. The molecule has 1 atom stereocenters. The molecule has 1 amide bonds. The summed E-state index contributed by atoms with van der Waals surface area (Å²) in [5.74, 6) is 0.390. The van der Waals surface area contributed by atoms with Crippen LogP contribution < -0.4 is 11.5 Å². The van der Waals surface area contributed by atoms with Crippen molar-refractivity contribution in [3.8, 4) is 0 Å². The highest BCUT2D eigenvalue weighted by Gasteiger charge is 2.37. The van der Waals surface area contributed by atoms with Crippen molar-refractivity contribution in [1.82, 2.24) is 0 Å². The molecule has 4 N–H and O–H groups in total. The number of amides is 1. The van der Waals surface area contributed by atoms with E-state index >= 15 is 0 Å². The van der Waals surface area contributed by atoms with Gasteiger partial charge in [0.1, 0.15) is 6.10 Å². The highest BCUT2D eigenvalue weighted by molar-refractivity contribution is 5.78. The number of rotatable bonds is 6. The number of nitrogens with two attached hydrogens (primary N) is 2. The molecule has 4 nitrogen and oxygen atoms in total. The normalized spacial score (nSPS) is 31.1. The first-order valence-corrected chi connectivity index (χ1v) is 6.70. The zero-order valence-electron chi connectivity index (χ0n) is 11.1. The Hall–Kier alpha value is -0.610. The van der Waals surface area contributed by atoms with Gasteiger partial charge in [-0.15, -0.1) is 0 Å². The summed E-state index contributed by atoms with van der Waals surface area (Å²) >= 11 is 0. The topological polar surface area (TPSA) is 78.3 Å². The van der Waals surface area contributed by atoms with E-state index in [2.05, 4.69) is 6.92 Å². The van der Waals surface area contributed by atoms with E-state index in [9.17, 15) is 4.79 Å². The van der Waals surface area contributed by atoms with E-state index in [1.54, 1.807) is 6.92 Å². The van der Waals surface area contributed by atoms with Crippen LogP contribution in [0.5, 0.6) is 0 Å². The molecule has 0 aromatic rings. The largest absolute Gasteiger partial charge is 0.367 e. The maximum Gasteiger partial charge on any atom is 0.246 e. The standard InChI is InChI=1S/C13H26N2O2/c1-3-4-11-5-7-13(9-14,8-6-11)17-10(2)12(15)16/h10-11H,3-9,14H2,1-2H3,(H2,15,16). The SMILES string of the molecule is CCCC1CCC(CN)(OC(C)C(N)=O)CC1. The lowest BCUT2D eigenvalue weighted by Crippen LogP contribution is -2.48. The molecule has 0 spiro atoms. The number of carbonyl (C=O) groups is 1. The monoisotopic (exact) mass is 242 g/mol. The van der Waals surface area contributed by atoms with Gasteiger partial charge in [-0.25, -0.2) is 0 Å². The van der Waals surface area contributed by atoms with Crippen LogP contribution in [0.4, 0.5) is 0 Å². The van der Waals surface area contributed by atoms with Crippen molar-refractivity contribution in [3.05, 3.63) is 0 Å². The van der Waals surface area contributed by atoms with Crippen LogP contribution in [0.1, 0.15) is 52.4 Å². The predicted octanol–water partition coefficient (Wildman–Crippen LogP) is 1.56. The van der Waals surface area contributed by atoms with Gasteiger partial charge >= 0.3 is 0 Å². The van der Waals surface area contributed by atoms with Gasteiger partial charge in [-0.2, -0.15) is 0 Å². The Morgan fingerprint density at radius 1 is 1.47 bits per heavy atom. The Balaban J connectivity index is 2.51. The average Bonchev–Trinajstić information content (AvgIpc) is 2.32. The van der Waals surface area contributed by atoms with Crippen molar-refractivity contribution < 1.29 is 9.53 Å². The number of primary amides is 1. The molecule has 1 rings (SSSR count).